The lowest BCUT2D eigenvalue weighted by Gasteiger charge is -2.09. The van der Waals surface area contributed by atoms with Crippen LogP contribution in [0.1, 0.15) is 5.56 Å². The average Bonchev–Trinajstić information content (AvgIpc) is 3.26. The van der Waals surface area contributed by atoms with Crippen molar-refractivity contribution in [1.29, 1.82) is 0 Å². The normalized spacial score (nSPS) is 11.0. The summed E-state index contributed by atoms with van der Waals surface area (Å²) in [7, 11) is 0. The second-order valence-electron chi connectivity index (χ2n) is 7.23. The van der Waals surface area contributed by atoms with Gasteiger partial charge in [-0.25, -0.2) is 4.39 Å². The monoisotopic (exact) mass is 458 g/mol. The lowest BCUT2D eigenvalue weighted by Crippen LogP contribution is -2.15. The number of aromatic nitrogens is 5. The minimum Gasteiger partial charge on any atom is -0.326 e. The van der Waals surface area contributed by atoms with Gasteiger partial charge in [0.1, 0.15) is 11.5 Å². The Morgan fingerprint density at radius 1 is 0.970 bits per heavy atom. The van der Waals surface area contributed by atoms with Gasteiger partial charge in [0, 0.05) is 28.0 Å². The first-order valence-electron chi connectivity index (χ1n) is 10.1. The van der Waals surface area contributed by atoms with E-state index in [-0.39, 0.29) is 22.9 Å². The fourth-order valence-corrected chi connectivity index (χ4v) is 3.65. The zero-order chi connectivity index (χ0) is 22.8. The Balaban J connectivity index is 1.41. The Labute approximate surface area is 192 Å². The molecule has 5 rings (SSSR count). The average molecular weight is 459 g/mol. The van der Waals surface area contributed by atoms with E-state index in [9.17, 15) is 9.18 Å². The quantitative estimate of drug-likeness (QED) is 0.408. The van der Waals surface area contributed by atoms with E-state index in [1.807, 2.05) is 36.4 Å². The van der Waals surface area contributed by atoms with E-state index in [2.05, 4.69) is 25.6 Å². The summed E-state index contributed by atoms with van der Waals surface area (Å²) in [5, 5.41) is 16.0. The van der Waals surface area contributed by atoms with Crippen molar-refractivity contribution in [1.82, 2.24) is 24.8 Å². The van der Waals surface area contributed by atoms with Crippen LogP contribution in [0.3, 0.4) is 0 Å². The number of nitrogens with zero attached hydrogens (tertiary/aromatic N) is 5. The van der Waals surface area contributed by atoms with E-state index in [1.165, 1.54) is 12.1 Å². The highest BCUT2D eigenvalue weighted by Gasteiger charge is 2.14. The molecule has 0 aliphatic rings. The first-order chi connectivity index (χ1) is 16.1. The minimum atomic E-state index is -0.512. The molecule has 3 heterocycles. The lowest BCUT2D eigenvalue weighted by molar-refractivity contribution is -0.115. The van der Waals surface area contributed by atoms with Gasteiger partial charge in [-0.1, -0.05) is 35.9 Å². The molecule has 1 amide bonds. The molecule has 2 aromatic carbocycles. The first kappa shape index (κ1) is 20.7. The van der Waals surface area contributed by atoms with E-state index < -0.39 is 5.82 Å². The third kappa shape index (κ3) is 4.28. The van der Waals surface area contributed by atoms with Crippen LogP contribution in [0.2, 0.25) is 5.02 Å². The van der Waals surface area contributed by atoms with Gasteiger partial charge in [0.2, 0.25) is 11.7 Å². The Kier molecular flexibility index (Phi) is 5.50. The summed E-state index contributed by atoms with van der Waals surface area (Å²) in [4.78, 5) is 16.8. The van der Waals surface area contributed by atoms with Crippen molar-refractivity contribution >= 4 is 28.8 Å². The zero-order valence-corrected chi connectivity index (χ0v) is 17.9. The van der Waals surface area contributed by atoms with Crippen molar-refractivity contribution in [3.05, 3.63) is 95.4 Å². The van der Waals surface area contributed by atoms with Crippen molar-refractivity contribution in [2.75, 3.05) is 5.32 Å². The van der Waals surface area contributed by atoms with E-state index >= 15 is 0 Å². The molecule has 0 aliphatic carbocycles. The summed E-state index contributed by atoms with van der Waals surface area (Å²) < 4.78 is 15.6. The van der Waals surface area contributed by atoms with Gasteiger partial charge in [-0.05, 0) is 48.5 Å². The van der Waals surface area contributed by atoms with Gasteiger partial charge in [0.05, 0.1) is 12.1 Å². The molecule has 5 aromatic rings. The number of benzene rings is 2. The lowest BCUT2D eigenvalue weighted by atomic mass is 10.1. The van der Waals surface area contributed by atoms with Gasteiger partial charge in [0.15, 0.2) is 5.65 Å². The number of halogens is 2. The van der Waals surface area contributed by atoms with Crippen LogP contribution in [0.4, 0.5) is 10.1 Å². The largest absolute Gasteiger partial charge is 0.326 e. The number of fused-ring (bicyclic) bond motifs is 1. The molecule has 33 heavy (non-hydrogen) atoms. The molecule has 0 fully saturated rings. The van der Waals surface area contributed by atoms with Crippen LogP contribution in [0.5, 0.6) is 0 Å². The zero-order valence-electron chi connectivity index (χ0n) is 17.1. The minimum absolute atomic E-state index is 0.162. The molecule has 0 radical (unpaired) electrons. The number of nitrogens with one attached hydrogen (secondary N) is 1. The Bertz CT molecular complexity index is 1450. The molecule has 7 nitrogen and oxygen atoms in total. The highest BCUT2D eigenvalue weighted by molar-refractivity contribution is 6.31. The van der Waals surface area contributed by atoms with Gasteiger partial charge in [-0.3, -0.25) is 9.78 Å². The molecule has 0 aliphatic heterocycles. The highest BCUT2D eigenvalue weighted by Crippen LogP contribution is 2.24. The molecular weight excluding hydrogens is 443 g/mol. The number of hydrogen-bond donors (Lipinski definition) is 1. The van der Waals surface area contributed by atoms with Gasteiger partial charge in [0.25, 0.3) is 0 Å². The number of carbonyl (C=O) groups is 1. The molecule has 3 aromatic heterocycles. The van der Waals surface area contributed by atoms with Crippen LogP contribution < -0.4 is 5.32 Å². The molecule has 0 saturated heterocycles. The summed E-state index contributed by atoms with van der Waals surface area (Å²) in [6, 6.07) is 20.7. The summed E-state index contributed by atoms with van der Waals surface area (Å²) in [5.74, 6) is -0.362. The molecule has 9 heteroatoms. The maximum absolute atomic E-state index is 14.0. The smallest absolute Gasteiger partial charge is 0.228 e. The standard InChI is InChI=1S/C24H16ClFN6O/c25-18-7-4-8-19(26)17(18)14-23(33)28-16-6-3-5-15(13-16)20-10-11-22-29-30-24(32(22)31-20)21-9-1-2-12-27-21/h1-13H,14H2,(H,28,33). The summed E-state index contributed by atoms with van der Waals surface area (Å²) in [6.45, 7) is 0. The molecule has 0 bridgehead atoms. The van der Waals surface area contributed by atoms with Gasteiger partial charge in [-0.15, -0.1) is 10.2 Å². The van der Waals surface area contributed by atoms with Crippen LogP contribution >= 0.6 is 11.6 Å². The molecule has 0 spiro atoms. The molecular formula is C24H16ClFN6O. The predicted molar refractivity (Wildman–Crippen MR) is 123 cm³/mol. The van der Waals surface area contributed by atoms with Crippen LogP contribution in [-0.4, -0.2) is 30.7 Å². The number of rotatable bonds is 5. The van der Waals surface area contributed by atoms with Crippen molar-refractivity contribution in [2.24, 2.45) is 0 Å². The summed E-state index contributed by atoms with van der Waals surface area (Å²) in [6.07, 6.45) is 1.51. The van der Waals surface area contributed by atoms with E-state index in [0.717, 1.165) is 5.56 Å². The first-order valence-corrected chi connectivity index (χ1v) is 10.4. The van der Waals surface area contributed by atoms with E-state index in [0.29, 0.717) is 28.5 Å². The van der Waals surface area contributed by atoms with E-state index in [1.54, 1.807) is 35.0 Å². The van der Waals surface area contributed by atoms with Crippen LogP contribution in [-0.2, 0) is 11.2 Å². The maximum atomic E-state index is 14.0. The maximum Gasteiger partial charge on any atom is 0.228 e. The Morgan fingerprint density at radius 3 is 2.67 bits per heavy atom. The SMILES string of the molecule is O=C(Cc1c(F)cccc1Cl)Nc1cccc(-c2ccc3nnc(-c4ccccn4)n3n2)c1. The third-order valence-corrected chi connectivity index (χ3v) is 5.35. The van der Waals surface area contributed by atoms with Crippen LogP contribution in [0.15, 0.2) is 79.0 Å². The highest BCUT2D eigenvalue weighted by atomic mass is 35.5. The second-order valence-corrected chi connectivity index (χ2v) is 7.64. The number of anilines is 1. The number of hydrogen-bond acceptors (Lipinski definition) is 5. The number of carbonyl (C=O) groups excluding carboxylic acids is 1. The van der Waals surface area contributed by atoms with Crippen molar-refractivity contribution < 1.29 is 9.18 Å². The topological polar surface area (TPSA) is 85.1 Å². The fraction of sp³-hybridized carbons (Fsp3) is 0.0417. The summed E-state index contributed by atoms with van der Waals surface area (Å²) in [5.41, 5.74) is 3.40. The van der Waals surface area contributed by atoms with Crippen molar-refractivity contribution in [2.45, 2.75) is 6.42 Å². The second kappa shape index (κ2) is 8.76. The van der Waals surface area contributed by atoms with Gasteiger partial charge >= 0.3 is 0 Å². The van der Waals surface area contributed by atoms with Gasteiger partial charge < -0.3 is 5.32 Å². The number of pyridine rings is 1. The third-order valence-electron chi connectivity index (χ3n) is 5.00. The van der Waals surface area contributed by atoms with Crippen molar-refractivity contribution in [3.63, 3.8) is 0 Å². The summed E-state index contributed by atoms with van der Waals surface area (Å²) >= 11 is 6.03. The molecule has 1 N–H and O–H groups in total. The molecule has 0 unspecified atom stereocenters. The Hall–Kier alpha value is -4.17. The molecule has 162 valence electrons. The number of amides is 1. The van der Waals surface area contributed by atoms with Crippen LogP contribution in [0, 0.1) is 5.82 Å². The van der Waals surface area contributed by atoms with Gasteiger partial charge in [-0.2, -0.15) is 9.61 Å². The molecule has 0 saturated carbocycles. The van der Waals surface area contributed by atoms with Crippen molar-refractivity contribution in [3.8, 4) is 22.8 Å². The fourth-order valence-electron chi connectivity index (χ4n) is 3.42. The van der Waals surface area contributed by atoms with Crippen LogP contribution in [0.25, 0.3) is 28.4 Å². The van der Waals surface area contributed by atoms with E-state index in [4.69, 9.17) is 11.6 Å². The molecule has 0 atom stereocenters. The Morgan fingerprint density at radius 2 is 1.85 bits per heavy atom. The predicted octanol–water partition coefficient (Wildman–Crippen LogP) is 4.83.